The Hall–Kier alpha value is -0.600. The Morgan fingerprint density at radius 2 is 1.93 bits per heavy atom. The van der Waals surface area contributed by atoms with Crippen molar-refractivity contribution in [2.24, 2.45) is 40.4 Å². The molecule has 164 valence electrons. The Balaban J connectivity index is 1.48. The first-order chi connectivity index (χ1) is 13.5. The van der Waals surface area contributed by atoms with E-state index in [-0.39, 0.29) is 11.5 Å². The summed E-state index contributed by atoms with van der Waals surface area (Å²) in [5, 5.41) is 20.2. The lowest BCUT2D eigenvalue weighted by Crippen LogP contribution is -2.49. The Morgan fingerprint density at radius 1 is 1.17 bits per heavy atom. The molecule has 4 rings (SSSR count). The highest BCUT2D eigenvalue weighted by molar-refractivity contribution is 5.32. The Labute approximate surface area is 178 Å². The molecule has 2 nitrogen and oxygen atoms in total. The molecule has 2 heteroatoms. The highest BCUT2D eigenvalue weighted by Crippen LogP contribution is 2.66. The predicted molar refractivity (Wildman–Crippen MR) is 120 cm³/mol. The van der Waals surface area contributed by atoms with Gasteiger partial charge in [-0.15, -0.1) is 0 Å². The molecular formula is C27H44O2. The van der Waals surface area contributed by atoms with E-state index in [1.807, 2.05) is 13.8 Å². The summed E-state index contributed by atoms with van der Waals surface area (Å²) in [6, 6.07) is 0. The molecule has 4 aliphatic rings. The normalized spacial score (nSPS) is 45.2. The van der Waals surface area contributed by atoms with Crippen molar-refractivity contribution in [3.05, 3.63) is 23.8 Å². The zero-order valence-corrected chi connectivity index (χ0v) is 19.5. The number of aliphatic hydroxyl groups is 2. The third kappa shape index (κ3) is 3.78. The summed E-state index contributed by atoms with van der Waals surface area (Å²) < 4.78 is 0. The summed E-state index contributed by atoms with van der Waals surface area (Å²) >= 11 is 0. The Bertz CT molecular complexity index is 671. The van der Waals surface area contributed by atoms with Crippen molar-refractivity contribution in [3.63, 3.8) is 0 Å². The van der Waals surface area contributed by atoms with Gasteiger partial charge in [0.05, 0.1) is 11.7 Å². The fraction of sp³-hybridized carbons (Fsp3) is 0.852. The van der Waals surface area contributed by atoms with Crippen LogP contribution in [-0.4, -0.2) is 21.9 Å². The summed E-state index contributed by atoms with van der Waals surface area (Å²) in [5.41, 5.74) is 1.66. The molecule has 2 saturated carbocycles. The molecule has 2 fully saturated rings. The SMILES string of the molecule is C[C@H](CCCC(C)(C)O)[C@H]1CC[C@H]2[C@@H]3CC=C4C[C@H](O)C=C[C@]4(C)[C@H]3CC[C@]12C. The summed E-state index contributed by atoms with van der Waals surface area (Å²) in [7, 11) is 0. The van der Waals surface area contributed by atoms with Crippen molar-refractivity contribution in [2.75, 3.05) is 0 Å². The quantitative estimate of drug-likeness (QED) is 0.533. The second kappa shape index (κ2) is 7.52. The van der Waals surface area contributed by atoms with E-state index < -0.39 is 5.60 Å². The molecule has 0 radical (unpaired) electrons. The monoisotopic (exact) mass is 400 g/mol. The fourth-order valence-electron chi connectivity index (χ4n) is 8.27. The van der Waals surface area contributed by atoms with Crippen LogP contribution in [0.3, 0.4) is 0 Å². The van der Waals surface area contributed by atoms with Crippen molar-refractivity contribution in [1.29, 1.82) is 0 Å². The highest BCUT2D eigenvalue weighted by Gasteiger charge is 2.58. The minimum atomic E-state index is -0.525. The maximum absolute atomic E-state index is 10.1. The van der Waals surface area contributed by atoms with Crippen LogP contribution in [0.1, 0.15) is 92.4 Å². The smallest absolute Gasteiger partial charge is 0.0758 e. The predicted octanol–water partition coefficient (Wildman–Crippen LogP) is 6.28. The lowest BCUT2D eigenvalue weighted by atomic mass is 9.48. The number of allylic oxidation sites excluding steroid dienone is 2. The van der Waals surface area contributed by atoms with Crippen LogP contribution in [0.5, 0.6) is 0 Å². The van der Waals surface area contributed by atoms with Gasteiger partial charge in [-0.3, -0.25) is 0 Å². The van der Waals surface area contributed by atoms with Gasteiger partial charge < -0.3 is 10.2 Å². The molecule has 8 atom stereocenters. The standard InChI is InChI=1S/C27H44O2/c1-18(7-6-14-25(2,3)29)22-10-11-23-21-9-8-19-17-20(28)12-15-26(19,4)24(21)13-16-27(22,23)5/h8,12,15,18,20-24,28-29H,6-7,9-11,13-14,16-17H2,1-5H3/t18-,20-,21+,22-,23+,24+,26+,27-/m1/s1. The average molecular weight is 401 g/mol. The molecule has 0 aromatic rings. The van der Waals surface area contributed by atoms with Crippen LogP contribution in [0, 0.1) is 40.4 Å². The largest absolute Gasteiger partial charge is 0.390 e. The van der Waals surface area contributed by atoms with E-state index in [0.29, 0.717) is 5.41 Å². The maximum atomic E-state index is 10.1. The molecule has 0 heterocycles. The van der Waals surface area contributed by atoms with Crippen LogP contribution in [0.15, 0.2) is 23.8 Å². The van der Waals surface area contributed by atoms with Gasteiger partial charge in [-0.05, 0) is 93.8 Å². The first-order valence-electron chi connectivity index (χ1n) is 12.3. The second-order valence-electron chi connectivity index (χ2n) is 12.2. The number of hydrogen-bond donors (Lipinski definition) is 2. The molecule has 0 bridgehead atoms. The summed E-state index contributed by atoms with van der Waals surface area (Å²) in [6.07, 6.45) is 17.6. The van der Waals surface area contributed by atoms with E-state index >= 15 is 0 Å². The Kier molecular flexibility index (Phi) is 5.61. The van der Waals surface area contributed by atoms with Crippen molar-refractivity contribution >= 4 is 0 Å². The number of aliphatic hydroxyl groups excluding tert-OH is 1. The van der Waals surface area contributed by atoms with Gasteiger partial charge in [0.1, 0.15) is 0 Å². The third-order valence-electron chi connectivity index (χ3n) is 9.84. The van der Waals surface area contributed by atoms with E-state index in [4.69, 9.17) is 0 Å². The summed E-state index contributed by atoms with van der Waals surface area (Å²) in [5.74, 6) is 4.04. The van der Waals surface area contributed by atoms with E-state index in [9.17, 15) is 10.2 Å². The lowest BCUT2D eigenvalue weighted by molar-refractivity contribution is -0.0361. The van der Waals surface area contributed by atoms with Crippen molar-refractivity contribution in [2.45, 2.75) is 104 Å². The zero-order valence-electron chi connectivity index (χ0n) is 19.5. The molecule has 0 unspecified atom stereocenters. The highest BCUT2D eigenvalue weighted by atomic mass is 16.3. The summed E-state index contributed by atoms with van der Waals surface area (Å²) in [4.78, 5) is 0. The van der Waals surface area contributed by atoms with E-state index in [1.54, 1.807) is 0 Å². The molecule has 2 N–H and O–H groups in total. The third-order valence-corrected chi connectivity index (χ3v) is 9.84. The average Bonchev–Trinajstić information content (AvgIpc) is 2.98. The van der Waals surface area contributed by atoms with Crippen LogP contribution in [0.4, 0.5) is 0 Å². The Morgan fingerprint density at radius 3 is 2.66 bits per heavy atom. The van der Waals surface area contributed by atoms with Gasteiger partial charge in [0.15, 0.2) is 0 Å². The van der Waals surface area contributed by atoms with Crippen LogP contribution in [0.2, 0.25) is 0 Å². The van der Waals surface area contributed by atoms with Crippen LogP contribution < -0.4 is 0 Å². The summed E-state index contributed by atoms with van der Waals surface area (Å²) in [6.45, 7) is 11.4. The minimum absolute atomic E-state index is 0.180. The van der Waals surface area contributed by atoms with E-state index in [0.717, 1.165) is 48.9 Å². The topological polar surface area (TPSA) is 40.5 Å². The molecule has 0 amide bonds. The molecule has 0 saturated heterocycles. The molecule has 0 aromatic carbocycles. The maximum Gasteiger partial charge on any atom is 0.0758 e. The first-order valence-corrected chi connectivity index (χ1v) is 12.3. The van der Waals surface area contributed by atoms with E-state index in [1.165, 1.54) is 44.1 Å². The number of rotatable bonds is 5. The van der Waals surface area contributed by atoms with Gasteiger partial charge in [0.2, 0.25) is 0 Å². The number of fused-ring (bicyclic) bond motifs is 5. The molecule has 0 spiro atoms. The first kappa shape index (κ1) is 21.6. The van der Waals surface area contributed by atoms with Crippen molar-refractivity contribution < 1.29 is 10.2 Å². The van der Waals surface area contributed by atoms with Crippen LogP contribution >= 0.6 is 0 Å². The van der Waals surface area contributed by atoms with Gasteiger partial charge in [0, 0.05) is 5.41 Å². The zero-order chi connectivity index (χ0) is 21.0. The van der Waals surface area contributed by atoms with E-state index in [2.05, 4.69) is 39.0 Å². The van der Waals surface area contributed by atoms with Crippen LogP contribution in [-0.2, 0) is 0 Å². The van der Waals surface area contributed by atoms with Gasteiger partial charge in [-0.2, -0.15) is 0 Å². The fourth-order valence-corrected chi connectivity index (χ4v) is 8.27. The molecule has 0 aliphatic heterocycles. The van der Waals surface area contributed by atoms with Gasteiger partial charge in [-0.25, -0.2) is 0 Å². The van der Waals surface area contributed by atoms with Gasteiger partial charge in [-0.1, -0.05) is 57.4 Å². The minimum Gasteiger partial charge on any atom is -0.390 e. The van der Waals surface area contributed by atoms with Crippen molar-refractivity contribution in [1.82, 2.24) is 0 Å². The molecule has 0 aromatic heterocycles. The second-order valence-corrected chi connectivity index (χ2v) is 12.2. The van der Waals surface area contributed by atoms with Gasteiger partial charge in [0.25, 0.3) is 0 Å². The molecule has 4 aliphatic carbocycles. The van der Waals surface area contributed by atoms with Crippen molar-refractivity contribution in [3.8, 4) is 0 Å². The molecule has 29 heavy (non-hydrogen) atoms. The van der Waals surface area contributed by atoms with Gasteiger partial charge >= 0.3 is 0 Å². The lowest BCUT2D eigenvalue weighted by Gasteiger charge is -2.57. The molecular weight excluding hydrogens is 356 g/mol. The number of hydrogen-bond acceptors (Lipinski definition) is 2. The van der Waals surface area contributed by atoms with Crippen LogP contribution in [0.25, 0.3) is 0 Å².